The minimum absolute atomic E-state index is 0.153. The smallest absolute Gasteiger partial charge is 0.274 e. The van der Waals surface area contributed by atoms with Crippen LogP contribution < -0.4 is 10.1 Å². The van der Waals surface area contributed by atoms with Gasteiger partial charge in [-0.1, -0.05) is 6.07 Å². The number of aromatic nitrogens is 4. The van der Waals surface area contributed by atoms with Crippen molar-refractivity contribution in [2.45, 2.75) is 26.5 Å². The number of fused-ring (bicyclic) bond motifs is 1. The van der Waals surface area contributed by atoms with Crippen molar-refractivity contribution in [1.29, 1.82) is 0 Å². The molecule has 1 aromatic carbocycles. The number of pyridine rings is 1. The quantitative estimate of drug-likeness (QED) is 0.334. The largest absolute Gasteiger partial charge is 0.485 e. The summed E-state index contributed by atoms with van der Waals surface area (Å²) in [6.45, 7) is 1.51. The first kappa shape index (κ1) is 24.3. The van der Waals surface area contributed by atoms with Crippen molar-refractivity contribution in [3.63, 3.8) is 0 Å². The predicted octanol–water partition coefficient (Wildman–Crippen LogP) is 3.23. The second kappa shape index (κ2) is 9.80. The summed E-state index contributed by atoms with van der Waals surface area (Å²) in [5.41, 5.74) is 1.08. The monoisotopic (exact) mass is 505 g/mol. The first-order valence-corrected chi connectivity index (χ1v) is 12.1. The standard InChI is InChI=1S/C22H21F2N5O5S/c1-14-20(22(30)27-15-11-25-28(12-15)8-4-10-35(31,32)33)29-9-3-7-19(21(29)26-14)34-13-16-17(23)5-2-6-18(16)24/h2-3,5-7,9,11-12H,4,8,10,13H2,1H3,(H,27,30)(H,31,32,33). The molecule has 13 heteroatoms. The maximum absolute atomic E-state index is 13.9. The maximum atomic E-state index is 13.9. The van der Waals surface area contributed by atoms with Gasteiger partial charge in [-0.3, -0.25) is 18.4 Å². The molecule has 2 N–H and O–H groups in total. The molecular formula is C22H21F2N5O5S. The molecule has 0 radical (unpaired) electrons. The minimum Gasteiger partial charge on any atom is -0.485 e. The van der Waals surface area contributed by atoms with Gasteiger partial charge in [0.1, 0.15) is 23.9 Å². The molecule has 10 nitrogen and oxygen atoms in total. The van der Waals surface area contributed by atoms with Crippen LogP contribution in [0, 0.1) is 18.6 Å². The van der Waals surface area contributed by atoms with Crippen LogP contribution in [-0.4, -0.2) is 43.8 Å². The fourth-order valence-electron chi connectivity index (χ4n) is 3.51. The molecule has 1 amide bonds. The van der Waals surface area contributed by atoms with Crippen LogP contribution in [0.15, 0.2) is 48.9 Å². The van der Waals surface area contributed by atoms with Crippen LogP contribution in [0.1, 0.15) is 28.2 Å². The van der Waals surface area contributed by atoms with Gasteiger partial charge in [0.25, 0.3) is 16.0 Å². The molecule has 0 saturated carbocycles. The van der Waals surface area contributed by atoms with Gasteiger partial charge >= 0.3 is 0 Å². The van der Waals surface area contributed by atoms with E-state index < -0.39 is 33.4 Å². The van der Waals surface area contributed by atoms with E-state index in [-0.39, 0.29) is 36.6 Å². The molecule has 0 fully saturated rings. The number of aryl methyl sites for hydroxylation is 2. The number of anilines is 1. The number of amides is 1. The highest BCUT2D eigenvalue weighted by Gasteiger charge is 2.20. The molecule has 184 valence electrons. The summed E-state index contributed by atoms with van der Waals surface area (Å²) in [4.78, 5) is 17.4. The van der Waals surface area contributed by atoms with E-state index in [4.69, 9.17) is 9.29 Å². The molecule has 0 unspecified atom stereocenters. The number of carbonyl (C=O) groups excluding carboxylic acids is 1. The van der Waals surface area contributed by atoms with Crippen molar-refractivity contribution < 1.29 is 31.3 Å². The average Bonchev–Trinajstić information content (AvgIpc) is 3.35. The van der Waals surface area contributed by atoms with Crippen molar-refractivity contribution in [3.05, 3.63) is 77.5 Å². The predicted molar refractivity (Wildman–Crippen MR) is 122 cm³/mol. The van der Waals surface area contributed by atoms with E-state index in [9.17, 15) is 22.0 Å². The van der Waals surface area contributed by atoms with E-state index in [1.165, 1.54) is 27.5 Å². The van der Waals surface area contributed by atoms with Crippen LogP contribution in [0.3, 0.4) is 0 Å². The normalized spacial score (nSPS) is 11.7. The zero-order chi connectivity index (χ0) is 25.2. The fourth-order valence-corrected chi connectivity index (χ4v) is 4.01. The van der Waals surface area contributed by atoms with Gasteiger partial charge in [-0.25, -0.2) is 13.8 Å². The molecule has 0 spiro atoms. The van der Waals surface area contributed by atoms with Crippen molar-refractivity contribution in [3.8, 4) is 5.75 Å². The summed E-state index contributed by atoms with van der Waals surface area (Å²) in [6.07, 6.45) is 4.69. The Labute approximate surface area is 198 Å². The zero-order valence-electron chi connectivity index (χ0n) is 18.5. The number of imidazole rings is 1. The second-order valence-corrected chi connectivity index (χ2v) is 9.26. The van der Waals surface area contributed by atoms with Gasteiger partial charge in [0.05, 0.1) is 28.9 Å². The third kappa shape index (κ3) is 5.63. The van der Waals surface area contributed by atoms with Crippen molar-refractivity contribution in [2.75, 3.05) is 11.1 Å². The molecule has 0 saturated heterocycles. The maximum Gasteiger partial charge on any atom is 0.274 e. The van der Waals surface area contributed by atoms with Crippen molar-refractivity contribution in [1.82, 2.24) is 19.2 Å². The lowest BCUT2D eigenvalue weighted by molar-refractivity contribution is 0.102. The van der Waals surface area contributed by atoms with Gasteiger partial charge in [-0.05, 0) is 37.6 Å². The third-order valence-corrected chi connectivity index (χ3v) is 5.92. The Balaban J connectivity index is 1.50. The highest BCUT2D eigenvalue weighted by molar-refractivity contribution is 7.85. The van der Waals surface area contributed by atoms with E-state index in [2.05, 4.69) is 15.4 Å². The van der Waals surface area contributed by atoms with E-state index >= 15 is 0 Å². The van der Waals surface area contributed by atoms with Gasteiger partial charge in [-0.2, -0.15) is 13.5 Å². The zero-order valence-corrected chi connectivity index (χ0v) is 19.3. The van der Waals surface area contributed by atoms with Gasteiger partial charge in [-0.15, -0.1) is 0 Å². The summed E-state index contributed by atoms with van der Waals surface area (Å²) in [5.74, 6) is -2.09. The Morgan fingerprint density at radius 3 is 2.66 bits per heavy atom. The SMILES string of the molecule is Cc1nc2c(OCc3c(F)cccc3F)cccn2c1C(=O)Nc1cnn(CCCS(=O)(=O)O)c1. The molecular weight excluding hydrogens is 484 g/mol. The van der Waals surface area contributed by atoms with Gasteiger partial charge in [0.15, 0.2) is 11.4 Å². The lowest BCUT2D eigenvalue weighted by Gasteiger charge is -2.09. The number of carbonyl (C=O) groups is 1. The number of halogens is 2. The fraction of sp³-hybridized carbons (Fsp3) is 0.227. The highest BCUT2D eigenvalue weighted by Crippen LogP contribution is 2.24. The lowest BCUT2D eigenvalue weighted by Crippen LogP contribution is -2.15. The second-order valence-electron chi connectivity index (χ2n) is 7.69. The molecule has 3 aromatic heterocycles. The number of hydrogen-bond acceptors (Lipinski definition) is 6. The van der Waals surface area contributed by atoms with Gasteiger partial charge in [0.2, 0.25) is 0 Å². The molecule has 3 heterocycles. The molecule has 4 aromatic rings. The highest BCUT2D eigenvalue weighted by atomic mass is 32.2. The average molecular weight is 506 g/mol. The molecule has 0 atom stereocenters. The Hall–Kier alpha value is -3.84. The Kier molecular flexibility index (Phi) is 6.80. The van der Waals surface area contributed by atoms with E-state index in [1.54, 1.807) is 25.3 Å². The summed E-state index contributed by atoms with van der Waals surface area (Å²) in [7, 11) is -4.06. The first-order valence-electron chi connectivity index (χ1n) is 10.4. The van der Waals surface area contributed by atoms with Crippen LogP contribution >= 0.6 is 0 Å². The molecule has 0 bridgehead atoms. The Morgan fingerprint density at radius 1 is 1.20 bits per heavy atom. The number of benzene rings is 1. The summed E-state index contributed by atoms with van der Waals surface area (Å²) in [5, 5.41) is 6.76. The van der Waals surface area contributed by atoms with Gasteiger partial charge in [0, 0.05) is 18.9 Å². The van der Waals surface area contributed by atoms with Crippen LogP contribution in [-0.2, 0) is 23.3 Å². The third-order valence-electron chi connectivity index (χ3n) is 5.12. The summed E-state index contributed by atoms with van der Waals surface area (Å²) >= 11 is 0. The molecule has 0 aliphatic heterocycles. The van der Waals surface area contributed by atoms with E-state index in [0.29, 0.717) is 17.0 Å². The molecule has 4 rings (SSSR count). The number of nitrogens with one attached hydrogen (secondary N) is 1. The van der Waals surface area contributed by atoms with Crippen LogP contribution in [0.2, 0.25) is 0 Å². The topological polar surface area (TPSA) is 128 Å². The van der Waals surface area contributed by atoms with Gasteiger partial charge < -0.3 is 10.1 Å². The summed E-state index contributed by atoms with van der Waals surface area (Å²) in [6, 6.07) is 6.74. The van der Waals surface area contributed by atoms with Crippen LogP contribution in [0.25, 0.3) is 5.65 Å². The van der Waals surface area contributed by atoms with Crippen molar-refractivity contribution in [2.24, 2.45) is 0 Å². The summed E-state index contributed by atoms with van der Waals surface area (Å²) < 4.78 is 66.9. The lowest BCUT2D eigenvalue weighted by atomic mass is 10.2. The van der Waals surface area contributed by atoms with Crippen LogP contribution in [0.5, 0.6) is 5.75 Å². The van der Waals surface area contributed by atoms with Crippen LogP contribution in [0.4, 0.5) is 14.5 Å². The van der Waals surface area contributed by atoms with E-state index in [0.717, 1.165) is 12.1 Å². The van der Waals surface area contributed by atoms with Crippen molar-refractivity contribution >= 4 is 27.4 Å². The number of rotatable bonds is 9. The first-order chi connectivity index (χ1) is 16.6. The molecule has 35 heavy (non-hydrogen) atoms. The molecule has 0 aliphatic carbocycles. The minimum atomic E-state index is -4.06. The Bertz CT molecular complexity index is 1480. The number of nitrogens with zero attached hydrogens (tertiary/aromatic N) is 4. The number of hydrogen-bond donors (Lipinski definition) is 2. The number of ether oxygens (including phenoxy) is 1. The molecule has 0 aliphatic rings. The van der Waals surface area contributed by atoms with E-state index in [1.807, 2.05) is 0 Å². The Morgan fingerprint density at radius 2 is 1.94 bits per heavy atom.